The number of nitrogens with one attached hydrogen (secondary N) is 2. The van der Waals surface area contributed by atoms with Crippen LogP contribution in [0.3, 0.4) is 0 Å². The summed E-state index contributed by atoms with van der Waals surface area (Å²) in [7, 11) is 0. The van der Waals surface area contributed by atoms with Crippen LogP contribution in [0.5, 0.6) is 0 Å². The van der Waals surface area contributed by atoms with Gasteiger partial charge in [0.2, 0.25) is 5.91 Å². The van der Waals surface area contributed by atoms with Crippen molar-refractivity contribution in [3.8, 4) is 0 Å². The lowest BCUT2D eigenvalue weighted by Crippen LogP contribution is -2.44. The highest BCUT2D eigenvalue weighted by Gasteiger charge is 2.41. The number of anilines is 2. The van der Waals surface area contributed by atoms with Crippen LogP contribution < -0.4 is 15.5 Å². The molecule has 0 aromatic heterocycles. The molecule has 1 saturated heterocycles. The Hall–Kier alpha value is -2.24. The molecular formula is C16H21N3O3. The topological polar surface area (TPSA) is 70.7 Å². The van der Waals surface area contributed by atoms with Crippen molar-refractivity contribution in [3.63, 3.8) is 0 Å². The number of fused-ring (bicyclic) bond motifs is 3. The zero-order valence-electron chi connectivity index (χ0n) is 13.1. The van der Waals surface area contributed by atoms with Crippen molar-refractivity contribution < 1.29 is 14.3 Å². The Kier molecular flexibility index (Phi) is 3.47. The van der Waals surface area contributed by atoms with E-state index in [2.05, 4.69) is 15.5 Å². The number of nitrogens with zero attached hydrogens (tertiary/aromatic N) is 1. The Labute approximate surface area is 129 Å². The second-order valence-corrected chi connectivity index (χ2v) is 6.75. The van der Waals surface area contributed by atoms with Crippen LogP contribution in [0.1, 0.15) is 27.2 Å². The van der Waals surface area contributed by atoms with Crippen LogP contribution in [-0.2, 0) is 9.53 Å². The molecular weight excluding hydrogens is 282 g/mol. The lowest BCUT2D eigenvalue weighted by Gasteiger charge is -2.32. The zero-order chi connectivity index (χ0) is 15.9. The van der Waals surface area contributed by atoms with E-state index in [9.17, 15) is 9.59 Å². The highest BCUT2D eigenvalue weighted by Crippen LogP contribution is 2.36. The number of benzene rings is 1. The van der Waals surface area contributed by atoms with E-state index < -0.39 is 11.7 Å². The molecule has 3 rings (SSSR count). The number of alkyl carbamates (subject to hydrolysis) is 1. The van der Waals surface area contributed by atoms with Crippen molar-refractivity contribution in [1.29, 1.82) is 0 Å². The molecule has 0 aliphatic carbocycles. The number of hydrogen-bond acceptors (Lipinski definition) is 4. The fraction of sp³-hybridized carbons (Fsp3) is 0.500. The summed E-state index contributed by atoms with van der Waals surface area (Å²) in [6.07, 6.45) is 0.144. The summed E-state index contributed by atoms with van der Waals surface area (Å²) >= 11 is 0. The minimum Gasteiger partial charge on any atom is -0.444 e. The van der Waals surface area contributed by atoms with Crippen molar-refractivity contribution >= 4 is 23.4 Å². The van der Waals surface area contributed by atoms with Crippen molar-refractivity contribution in [2.45, 2.75) is 44.9 Å². The van der Waals surface area contributed by atoms with Gasteiger partial charge in [0.25, 0.3) is 0 Å². The summed E-state index contributed by atoms with van der Waals surface area (Å²) in [5.74, 6) is -0.0211. The summed E-state index contributed by atoms with van der Waals surface area (Å²) in [4.78, 5) is 26.1. The maximum atomic E-state index is 12.2. The average molecular weight is 303 g/mol. The molecule has 1 aromatic rings. The minimum absolute atomic E-state index is 0.0211. The first-order valence-corrected chi connectivity index (χ1v) is 7.49. The maximum absolute atomic E-state index is 12.2. The minimum atomic E-state index is -0.528. The Morgan fingerprint density at radius 3 is 2.82 bits per heavy atom. The second kappa shape index (κ2) is 5.19. The van der Waals surface area contributed by atoms with Gasteiger partial charge in [0, 0.05) is 6.54 Å². The first-order valence-electron chi connectivity index (χ1n) is 7.49. The molecule has 2 amide bonds. The highest BCUT2D eigenvalue weighted by atomic mass is 16.6. The fourth-order valence-electron chi connectivity index (χ4n) is 2.98. The molecule has 1 aromatic carbocycles. The molecule has 6 nitrogen and oxygen atoms in total. The number of amides is 2. The summed E-state index contributed by atoms with van der Waals surface area (Å²) in [6.45, 7) is 6.09. The van der Waals surface area contributed by atoms with Gasteiger partial charge >= 0.3 is 6.09 Å². The summed E-state index contributed by atoms with van der Waals surface area (Å²) < 4.78 is 5.28. The monoisotopic (exact) mass is 303 g/mol. The van der Waals surface area contributed by atoms with Crippen LogP contribution in [0.25, 0.3) is 0 Å². The van der Waals surface area contributed by atoms with Gasteiger partial charge in [0.15, 0.2) is 0 Å². The van der Waals surface area contributed by atoms with Crippen LogP contribution in [0.4, 0.5) is 16.2 Å². The van der Waals surface area contributed by atoms with Crippen LogP contribution >= 0.6 is 0 Å². The highest BCUT2D eigenvalue weighted by molar-refractivity contribution is 6.04. The zero-order valence-corrected chi connectivity index (χ0v) is 13.1. The van der Waals surface area contributed by atoms with Crippen molar-refractivity contribution in [2.24, 2.45) is 0 Å². The van der Waals surface area contributed by atoms with E-state index in [0.717, 1.165) is 11.4 Å². The number of carbonyl (C=O) groups is 2. The Morgan fingerprint density at radius 1 is 1.36 bits per heavy atom. The first-order chi connectivity index (χ1) is 10.3. The molecule has 2 N–H and O–H groups in total. The molecule has 0 spiro atoms. The Bertz CT molecular complexity index is 609. The van der Waals surface area contributed by atoms with Gasteiger partial charge in [0.1, 0.15) is 11.6 Å². The van der Waals surface area contributed by atoms with Crippen molar-refractivity contribution in [2.75, 3.05) is 16.8 Å². The summed E-state index contributed by atoms with van der Waals surface area (Å²) in [5, 5.41) is 5.78. The molecule has 1 fully saturated rings. The molecule has 0 unspecified atom stereocenters. The summed E-state index contributed by atoms with van der Waals surface area (Å²) in [6, 6.07) is 7.37. The number of carbonyl (C=O) groups excluding carboxylic acids is 2. The van der Waals surface area contributed by atoms with E-state index in [1.54, 1.807) is 0 Å². The summed E-state index contributed by atoms with van der Waals surface area (Å²) in [5.41, 5.74) is 1.29. The number of ether oxygens (including phenoxy) is 1. The van der Waals surface area contributed by atoms with E-state index in [-0.39, 0.29) is 18.0 Å². The maximum Gasteiger partial charge on any atom is 0.407 e. The van der Waals surface area contributed by atoms with Crippen LogP contribution in [-0.4, -0.2) is 36.2 Å². The first kappa shape index (κ1) is 14.7. The van der Waals surface area contributed by atoms with E-state index in [0.29, 0.717) is 13.0 Å². The SMILES string of the molecule is CC(C)(C)OC(=O)N[C@@H]1C[C@@H]2C(=O)Nc3ccccc3N2C1. The van der Waals surface area contributed by atoms with Crippen LogP contribution in [0.2, 0.25) is 0 Å². The smallest absolute Gasteiger partial charge is 0.407 e. The Morgan fingerprint density at radius 2 is 2.09 bits per heavy atom. The van der Waals surface area contributed by atoms with E-state index in [1.165, 1.54) is 0 Å². The molecule has 0 radical (unpaired) electrons. The largest absolute Gasteiger partial charge is 0.444 e. The van der Waals surface area contributed by atoms with E-state index in [1.807, 2.05) is 45.0 Å². The molecule has 0 saturated carbocycles. The second-order valence-electron chi connectivity index (χ2n) is 6.75. The molecule has 0 bridgehead atoms. The third-order valence-electron chi connectivity index (χ3n) is 3.80. The standard InChI is InChI=1S/C16H21N3O3/c1-16(2,3)22-15(21)17-10-8-13-14(20)18-11-6-4-5-7-12(11)19(13)9-10/h4-7,10,13H,8-9H2,1-3H3,(H,17,21)(H,18,20)/t10-,13-/m1/s1. The molecule has 2 atom stereocenters. The fourth-order valence-corrected chi connectivity index (χ4v) is 2.98. The third-order valence-corrected chi connectivity index (χ3v) is 3.80. The van der Waals surface area contributed by atoms with Gasteiger partial charge < -0.3 is 20.3 Å². The molecule has 118 valence electrons. The molecule has 2 aliphatic rings. The van der Waals surface area contributed by atoms with Gasteiger partial charge in [-0.25, -0.2) is 4.79 Å². The number of para-hydroxylation sites is 2. The average Bonchev–Trinajstić information content (AvgIpc) is 2.81. The van der Waals surface area contributed by atoms with Gasteiger partial charge in [-0.15, -0.1) is 0 Å². The van der Waals surface area contributed by atoms with Crippen molar-refractivity contribution in [1.82, 2.24) is 5.32 Å². The molecule has 6 heteroatoms. The van der Waals surface area contributed by atoms with Gasteiger partial charge in [0.05, 0.1) is 17.4 Å². The molecule has 22 heavy (non-hydrogen) atoms. The normalized spacial score (nSPS) is 23.4. The van der Waals surface area contributed by atoms with Gasteiger partial charge in [-0.05, 0) is 39.3 Å². The van der Waals surface area contributed by atoms with E-state index in [4.69, 9.17) is 4.74 Å². The number of rotatable bonds is 1. The van der Waals surface area contributed by atoms with Gasteiger partial charge in [-0.1, -0.05) is 12.1 Å². The number of hydrogen-bond donors (Lipinski definition) is 2. The molecule has 2 heterocycles. The third kappa shape index (κ3) is 2.86. The Balaban J connectivity index is 1.71. The van der Waals surface area contributed by atoms with Crippen LogP contribution in [0, 0.1) is 0 Å². The lowest BCUT2D eigenvalue weighted by atomic mass is 10.1. The van der Waals surface area contributed by atoms with Crippen LogP contribution in [0.15, 0.2) is 24.3 Å². The lowest BCUT2D eigenvalue weighted by molar-refractivity contribution is -0.117. The predicted octanol–water partition coefficient (Wildman–Crippen LogP) is 2.11. The van der Waals surface area contributed by atoms with Gasteiger partial charge in [-0.2, -0.15) is 0 Å². The van der Waals surface area contributed by atoms with Crippen molar-refractivity contribution in [3.05, 3.63) is 24.3 Å². The predicted molar refractivity (Wildman–Crippen MR) is 84.0 cm³/mol. The quantitative estimate of drug-likeness (QED) is 0.833. The van der Waals surface area contributed by atoms with Gasteiger partial charge in [-0.3, -0.25) is 4.79 Å². The van der Waals surface area contributed by atoms with E-state index >= 15 is 0 Å². The molecule has 2 aliphatic heterocycles.